The Morgan fingerprint density at radius 2 is 1.00 bits per heavy atom. The molecule has 0 radical (unpaired) electrons. The summed E-state index contributed by atoms with van der Waals surface area (Å²) < 4.78 is 6.58. The van der Waals surface area contributed by atoms with Crippen molar-refractivity contribution in [3.05, 3.63) is 204 Å². The molecule has 0 saturated heterocycles. The van der Waals surface area contributed by atoms with Gasteiger partial charge in [-0.15, -0.1) is 0 Å². The van der Waals surface area contributed by atoms with E-state index in [-0.39, 0.29) is 6.17 Å². The van der Waals surface area contributed by atoms with Crippen molar-refractivity contribution in [1.29, 1.82) is 0 Å². The second-order valence-corrected chi connectivity index (χ2v) is 13.9. The van der Waals surface area contributed by atoms with Crippen LogP contribution in [-0.2, 0) is 0 Å². The fraction of sp³-hybridized carbons (Fsp3) is 0.0200. The first kappa shape index (κ1) is 29.7. The average molecular weight is 677 g/mol. The van der Waals surface area contributed by atoms with Gasteiger partial charge in [-0.05, 0) is 90.5 Å². The van der Waals surface area contributed by atoms with Gasteiger partial charge in [0.05, 0.1) is 11.1 Å². The van der Waals surface area contributed by atoms with Gasteiger partial charge in [0.2, 0.25) is 0 Å². The van der Waals surface area contributed by atoms with Crippen molar-refractivity contribution in [2.75, 3.05) is 0 Å². The van der Waals surface area contributed by atoms with Gasteiger partial charge < -0.3 is 9.73 Å². The highest BCUT2D eigenvalue weighted by molar-refractivity contribution is 6.25. The Bertz CT molecular complexity index is 3160. The van der Waals surface area contributed by atoms with Crippen molar-refractivity contribution in [2.24, 2.45) is 4.99 Å². The van der Waals surface area contributed by atoms with Gasteiger partial charge in [-0.1, -0.05) is 152 Å². The van der Waals surface area contributed by atoms with Crippen LogP contribution in [0.5, 0.6) is 0 Å². The third kappa shape index (κ3) is 4.78. The van der Waals surface area contributed by atoms with E-state index in [0.717, 1.165) is 60.5 Å². The van der Waals surface area contributed by atoms with E-state index in [2.05, 4.69) is 175 Å². The van der Waals surface area contributed by atoms with Crippen LogP contribution >= 0.6 is 0 Å². The minimum Gasteiger partial charge on any atom is -0.456 e. The molecule has 1 aliphatic heterocycles. The lowest BCUT2D eigenvalue weighted by atomic mass is 9.91. The number of furan rings is 1. The largest absolute Gasteiger partial charge is 0.456 e. The predicted octanol–water partition coefficient (Wildman–Crippen LogP) is 11.5. The van der Waals surface area contributed by atoms with Crippen molar-refractivity contribution in [1.82, 2.24) is 5.32 Å². The van der Waals surface area contributed by atoms with Crippen LogP contribution in [0.2, 0.25) is 0 Å². The second-order valence-electron chi connectivity index (χ2n) is 13.9. The van der Waals surface area contributed by atoms with Gasteiger partial charge >= 0.3 is 0 Å². The molecule has 3 nitrogen and oxygen atoms in total. The third-order valence-electron chi connectivity index (χ3n) is 10.9. The second kappa shape index (κ2) is 11.8. The van der Waals surface area contributed by atoms with E-state index in [1.165, 1.54) is 43.4 Å². The van der Waals surface area contributed by atoms with Crippen LogP contribution in [-0.4, -0.2) is 0 Å². The van der Waals surface area contributed by atoms with Crippen LogP contribution in [0.25, 0.3) is 82.2 Å². The molecule has 11 rings (SSSR count). The zero-order valence-corrected chi connectivity index (χ0v) is 28.8. The summed E-state index contributed by atoms with van der Waals surface area (Å²) in [5.74, 6) is 0. The van der Waals surface area contributed by atoms with Crippen LogP contribution < -0.4 is 15.9 Å². The van der Waals surface area contributed by atoms with Crippen molar-refractivity contribution in [3.8, 4) is 22.3 Å². The normalized spacial score (nSPS) is 14.1. The van der Waals surface area contributed by atoms with E-state index >= 15 is 0 Å². The van der Waals surface area contributed by atoms with Crippen molar-refractivity contribution in [2.45, 2.75) is 6.17 Å². The molecule has 0 spiro atoms. The highest BCUT2D eigenvalue weighted by Crippen LogP contribution is 2.41. The number of nitrogens with zero attached hydrogens (tertiary/aromatic N) is 1. The summed E-state index contributed by atoms with van der Waals surface area (Å²) in [6, 6.07) is 65.1. The lowest BCUT2D eigenvalue weighted by Gasteiger charge is -2.23. The third-order valence-corrected chi connectivity index (χ3v) is 10.9. The quantitative estimate of drug-likeness (QED) is 0.188. The molecule has 53 heavy (non-hydrogen) atoms. The SMILES string of the molecule is c1ccc(C2N=c3ccccc3=C(c3cc(-c4ccc(-c5ccc6c7ccccc7c7ccccc7c6c5)cc4)c4c(c3)oc3ccccc34)N2)cc1. The molecule has 9 aromatic carbocycles. The summed E-state index contributed by atoms with van der Waals surface area (Å²) in [6.45, 7) is 0. The summed E-state index contributed by atoms with van der Waals surface area (Å²) in [4.78, 5) is 5.10. The first-order chi connectivity index (χ1) is 26.3. The number of fused-ring (bicyclic) bond motifs is 10. The maximum absolute atomic E-state index is 6.58. The topological polar surface area (TPSA) is 37.5 Å². The molecular weight excluding hydrogens is 645 g/mol. The zero-order chi connectivity index (χ0) is 34.9. The molecule has 0 amide bonds. The fourth-order valence-electron chi connectivity index (χ4n) is 8.37. The summed E-state index contributed by atoms with van der Waals surface area (Å²) in [7, 11) is 0. The number of nitrogens with one attached hydrogen (secondary N) is 1. The Kier molecular flexibility index (Phi) is 6.62. The zero-order valence-electron chi connectivity index (χ0n) is 28.8. The van der Waals surface area contributed by atoms with Gasteiger partial charge in [-0.25, -0.2) is 0 Å². The lowest BCUT2D eigenvalue weighted by Crippen LogP contribution is -2.39. The van der Waals surface area contributed by atoms with Crippen LogP contribution in [0.15, 0.2) is 191 Å². The predicted molar refractivity (Wildman–Crippen MR) is 219 cm³/mol. The van der Waals surface area contributed by atoms with Gasteiger partial charge in [0.1, 0.15) is 17.3 Å². The van der Waals surface area contributed by atoms with Crippen LogP contribution in [0, 0.1) is 0 Å². The molecule has 1 N–H and O–H groups in total. The number of para-hydroxylation sites is 2. The highest BCUT2D eigenvalue weighted by Gasteiger charge is 2.21. The number of hydrogen-bond acceptors (Lipinski definition) is 3. The van der Waals surface area contributed by atoms with Crippen LogP contribution in [0.4, 0.5) is 0 Å². The summed E-state index contributed by atoms with van der Waals surface area (Å²) in [6.07, 6.45) is -0.202. The van der Waals surface area contributed by atoms with E-state index in [1.54, 1.807) is 0 Å². The van der Waals surface area contributed by atoms with Gasteiger partial charge in [0.15, 0.2) is 0 Å². The first-order valence-corrected chi connectivity index (χ1v) is 18.2. The van der Waals surface area contributed by atoms with E-state index in [0.29, 0.717) is 0 Å². The molecule has 2 heterocycles. The Hall–Kier alpha value is -6.97. The van der Waals surface area contributed by atoms with E-state index in [9.17, 15) is 0 Å². The van der Waals surface area contributed by atoms with Gasteiger partial charge in [-0.2, -0.15) is 0 Å². The maximum atomic E-state index is 6.58. The molecule has 3 heteroatoms. The van der Waals surface area contributed by atoms with Crippen molar-refractivity contribution >= 4 is 60.0 Å². The van der Waals surface area contributed by atoms with Gasteiger partial charge in [0.25, 0.3) is 0 Å². The smallest absolute Gasteiger partial charge is 0.145 e. The Morgan fingerprint density at radius 1 is 0.415 bits per heavy atom. The van der Waals surface area contributed by atoms with E-state index in [4.69, 9.17) is 9.41 Å². The van der Waals surface area contributed by atoms with E-state index in [1.807, 2.05) is 12.1 Å². The molecule has 0 aliphatic carbocycles. The number of rotatable bonds is 4. The molecule has 1 aliphatic rings. The molecular formula is C50H32N2O. The Labute approximate surface area is 305 Å². The van der Waals surface area contributed by atoms with E-state index < -0.39 is 0 Å². The monoisotopic (exact) mass is 676 g/mol. The number of hydrogen-bond donors (Lipinski definition) is 1. The van der Waals surface area contributed by atoms with Crippen LogP contribution in [0.1, 0.15) is 17.3 Å². The minimum atomic E-state index is -0.202. The Morgan fingerprint density at radius 3 is 1.75 bits per heavy atom. The first-order valence-electron chi connectivity index (χ1n) is 18.2. The molecule has 1 aromatic heterocycles. The van der Waals surface area contributed by atoms with Gasteiger partial charge in [-0.3, -0.25) is 4.99 Å². The van der Waals surface area contributed by atoms with Crippen LogP contribution in [0.3, 0.4) is 0 Å². The van der Waals surface area contributed by atoms with Crippen molar-refractivity contribution < 1.29 is 4.42 Å². The van der Waals surface area contributed by atoms with Gasteiger partial charge in [0, 0.05) is 21.6 Å². The summed E-state index contributed by atoms with van der Waals surface area (Å²) >= 11 is 0. The molecule has 0 fully saturated rings. The highest BCUT2D eigenvalue weighted by atomic mass is 16.3. The molecule has 10 aromatic rings. The molecule has 1 atom stereocenters. The molecule has 1 unspecified atom stereocenters. The maximum Gasteiger partial charge on any atom is 0.145 e. The number of benzene rings is 9. The summed E-state index contributed by atoms with van der Waals surface area (Å²) in [5.41, 5.74) is 9.62. The summed E-state index contributed by atoms with van der Waals surface area (Å²) in [5, 5.41) is 15.8. The fourth-order valence-corrected chi connectivity index (χ4v) is 8.37. The standard InChI is InChI=1S/C50H32N2O/c1-2-12-33(13-3-1)50-51-45-20-10-8-18-41(45)49(52-50)35-29-43(48-42-19-9-11-21-46(42)53-47(48)30-35)32-24-22-31(23-25-32)34-26-27-40-38-16-5-4-14-36(38)37-15-6-7-17-39(37)44(40)28-34/h1-30,50,52H. The lowest BCUT2D eigenvalue weighted by molar-refractivity contribution is 0.634. The Balaban J connectivity index is 1.08. The molecule has 0 saturated carbocycles. The average Bonchev–Trinajstić information content (AvgIpc) is 3.62. The molecule has 0 bridgehead atoms. The minimum absolute atomic E-state index is 0.202. The molecule has 248 valence electrons. The van der Waals surface area contributed by atoms with Crippen molar-refractivity contribution in [3.63, 3.8) is 0 Å².